The lowest BCUT2D eigenvalue weighted by molar-refractivity contribution is 0.0685. The van der Waals surface area contributed by atoms with Crippen molar-refractivity contribution in [3.63, 3.8) is 0 Å². The summed E-state index contributed by atoms with van der Waals surface area (Å²) in [7, 11) is 0. The molecule has 3 N–H and O–H groups in total. The minimum atomic E-state index is -1.19. The molecule has 0 spiro atoms. The molecule has 5 nitrogen and oxygen atoms in total. The number of aromatic amines is 1. The summed E-state index contributed by atoms with van der Waals surface area (Å²) in [5, 5.41) is 18.9. The van der Waals surface area contributed by atoms with Crippen LogP contribution in [0, 0.1) is 0 Å². The molecule has 2 rings (SSSR count). The first-order valence-electron chi connectivity index (χ1n) is 4.40. The number of aliphatic hydroxyl groups is 1. The zero-order valence-corrected chi connectivity index (χ0v) is 11.3. The molecule has 0 saturated carbocycles. The minimum absolute atomic E-state index is 0.142. The van der Waals surface area contributed by atoms with Gasteiger partial charge in [0.15, 0.2) is 5.69 Å². The van der Waals surface area contributed by atoms with E-state index in [1.165, 1.54) is 17.7 Å². The minimum Gasteiger partial charge on any atom is -0.476 e. The van der Waals surface area contributed by atoms with E-state index in [-0.39, 0.29) is 11.4 Å². The van der Waals surface area contributed by atoms with Crippen LogP contribution in [0.1, 0.15) is 27.2 Å². The van der Waals surface area contributed by atoms with Crippen LogP contribution in [0.25, 0.3) is 0 Å². The summed E-state index contributed by atoms with van der Waals surface area (Å²) in [6.07, 6.45) is 0.143. The van der Waals surface area contributed by atoms with Gasteiger partial charge >= 0.3 is 5.97 Å². The molecule has 0 aliphatic heterocycles. The Bertz CT molecular complexity index is 549. The Morgan fingerprint density at radius 2 is 2.35 bits per heavy atom. The number of hydrogen-bond acceptors (Lipinski definition) is 4. The number of aromatic carboxylic acids is 1. The van der Waals surface area contributed by atoms with Gasteiger partial charge in [-0.3, -0.25) is 0 Å². The molecule has 0 bridgehead atoms. The van der Waals surface area contributed by atoms with Crippen molar-refractivity contribution in [1.29, 1.82) is 0 Å². The van der Waals surface area contributed by atoms with E-state index in [9.17, 15) is 9.90 Å². The maximum absolute atomic E-state index is 10.9. The van der Waals surface area contributed by atoms with Crippen LogP contribution in [0.15, 0.2) is 16.9 Å². The van der Waals surface area contributed by atoms with Gasteiger partial charge in [0.1, 0.15) is 10.4 Å². The van der Waals surface area contributed by atoms with Gasteiger partial charge in [-0.2, -0.15) is 0 Å². The van der Waals surface area contributed by atoms with Crippen LogP contribution in [0.5, 0.6) is 0 Å². The molecule has 0 aliphatic rings. The zero-order valence-electron chi connectivity index (χ0n) is 8.15. The summed E-state index contributed by atoms with van der Waals surface area (Å²) >= 11 is 10.2. The van der Waals surface area contributed by atoms with E-state index in [1.807, 2.05) is 0 Å². The smallest absolute Gasteiger partial charge is 0.356 e. The molecule has 0 fully saturated rings. The molecule has 0 radical (unpaired) electrons. The highest BCUT2D eigenvalue weighted by molar-refractivity contribution is 9.10. The number of halogens is 2. The van der Waals surface area contributed by atoms with Gasteiger partial charge in [-0.05, 0) is 22.0 Å². The highest BCUT2D eigenvalue weighted by Gasteiger charge is 2.23. The van der Waals surface area contributed by atoms with Crippen molar-refractivity contribution in [2.75, 3.05) is 0 Å². The lowest BCUT2D eigenvalue weighted by atomic mass is 10.2. The second-order valence-corrected chi connectivity index (χ2v) is 5.68. The SMILES string of the molecule is O=C(O)c1nc[nH]c1C(O)c1cc(Br)c(Cl)s1. The average Bonchev–Trinajstić information content (AvgIpc) is 2.85. The molecule has 0 amide bonds. The number of carbonyl (C=O) groups is 1. The molecule has 90 valence electrons. The predicted octanol–water partition coefficient (Wildman–Crippen LogP) is 2.67. The van der Waals surface area contributed by atoms with Crippen LogP contribution in [-0.4, -0.2) is 26.2 Å². The standard InChI is InChI=1S/C9H6BrClN2O3S/c10-3-1-4(17-8(3)11)7(14)5-6(9(15)16)13-2-12-5/h1-2,7,14H,(H,12,13)(H,15,16). The third-order valence-electron chi connectivity index (χ3n) is 2.08. The molecular formula is C9H6BrClN2O3S. The molecular weight excluding hydrogens is 332 g/mol. The number of carboxylic acid groups (broad SMARTS) is 1. The van der Waals surface area contributed by atoms with Gasteiger partial charge in [-0.15, -0.1) is 11.3 Å². The molecule has 1 atom stereocenters. The van der Waals surface area contributed by atoms with Crippen molar-refractivity contribution in [3.8, 4) is 0 Å². The Kier molecular flexibility index (Phi) is 3.53. The first-order chi connectivity index (χ1) is 8.00. The molecule has 1 unspecified atom stereocenters. The summed E-state index contributed by atoms with van der Waals surface area (Å²) < 4.78 is 1.16. The number of nitrogens with one attached hydrogen (secondary N) is 1. The second kappa shape index (κ2) is 4.77. The summed E-state index contributed by atoms with van der Waals surface area (Å²) in [6, 6.07) is 1.64. The monoisotopic (exact) mass is 336 g/mol. The van der Waals surface area contributed by atoms with Gasteiger partial charge in [0.25, 0.3) is 0 Å². The first-order valence-corrected chi connectivity index (χ1v) is 6.38. The molecule has 2 aromatic heterocycles. The Balaban J connectivity index is 2.40. The summed E-state index contributed by atoms with van der Waals surface area (Å²) in [6.45, 7) is 0. The highest BCUT2D eigenvalue weighted by Crippen LogP contribution is 2.37. The predicted molar refractivity (Wildman–Crippen MR) is 66.6 cm³/mol. The fourth-order valence-electron chi connectivity index (χ4n) is 1.32. The third-order valence-corrected chi connectivity index (χ3v) is 4.61. The molecule has 17 heavy (non-hydrogen) atoms. The Hall–Kier alpha value is -0.890. The molecule has 0 aromatic carbocycles. The van der Waals surface area contributed by atoms with E-state index in [4.69, 9.17) is 16.7 Å². The van der Waals surface area contributed by atoms with E-state index in [1.54, 1.807) is 6.07 Å². The number of thiophene rings is 1. The van der Waals surface area contributed by atoms with E-state index in [0.29, 0.717) is 13.7 Å². The zero-order chi connectivity index (χ0) is 12.6. The third kappa shape index (κ3) is 2.37. The summed E-state index contributed by atoms with van der Waals surface area (Å²) in [5.74, 6) is -1.19. The van der Waals surface area contributed by atoms with Gasteiger partial charge in [0, 0.05) is 9.35 Å². The number of H-pyrrole nitrogens is 1. The number of aliphatic hydroxyl groups excluding tert-OH is 1. The summed E-state index contributed by atoms with van der Waals surface area (Å²) in [5.41, 5.74) is -0.0546. The topological polar surface area (TPSA) is 86.2 Å². The van der Waals surface area contributed by atoms with E-state index in [2.05, 4.69) is 25.9 Å². The van der Waals surface area contributed by atoms with Crippen LogP contribution in [0.4, 0.5) is 0 Å². The van der Waals surface area contributed by atoms with Crippen molar-refractivity contribution in [3.05, 3.63) is 37.5 Å². The number of carboxylic acids is 1. The molecule has 8 heteroatoms. The fourth-order valence-corrected chi connectivity index (χ4v) is 3.06. The normalized spacial score (nSPS) is 12.6. The number of imidazole rings is 1. The van der Waals surface area contributed by atoms with E-state index < -0.39 is 12.1 Å². The van der Waals surface area contributed by atoms with Gasteiger partial charge in [-0.1, -0.05) is 11.6 Å². The van der Waals surface area contributed by atoms with Gasteiger partial charge in [-0.25, -0.2) is 9.78 Å². The van der Waals surface area contributed by atoms with Gasteiger partial charge < -0.3 is 15.2 Å². The Labute approximate surface area is 113 Å². The fraction of sp³-hybridized carbons (Fsp3) is 0.111. The Morgan fingerprint density at radius 1 is 1.65 bits per heavy atom. The largest absolute Gasteiger partial charge is 0.476 e. The van der Waals surface area contributed by atoms with Crippen molar-refractivity contribution in [1.82, 2.24) is 9.97 Å². The van der Waals surface area contributed by atoms with Crippen LogP contribution in [-0.2, 0) is 0 Å². The van der Waals surface area contributed by atoms with Crippen LogP contribution < -0.4 is 0 Å². The molecule has 0 aliphatic carbocycles. The van der Waals surface area contributed by atoms with Crippen molar-refractivity contribution < 1.29 is 15.0 Å². The molecule has 0 saturated heterocycles. The molecule has 2 aromatic rings. The van der Waals surface area contributed by atoms with Gasteiger partial charge in [0.2, 0.25) is 0 Å². The van der Waals surface area contributed by atoms with Gasteiger partial charge in [0.05, 0.1) is 12.0 Å². The van der Waals surface area contributed by atoms with Crippen molar-refractivity contribution >= 4 is 44.8 Å². The summed E-state index contributed by atoms with van der Waals surface area (Å²) in [4.78, 5) is 17.7. The van der Waals surface area contributed by atoms with E-state index in [0.717, 1.165) is 0 Å². The Morgan fingerprint density at radius 3 is 2.88 bits per heavy atom. The van der Waals surface area contributed by atoms with Crippen LogP contribution >= 0.6 is 38.9 Å². The van der Waals surface area contributed by atoms with Crippen molar-refractivity contribution in [2.24, 2.45) is 0 Å². The second-order valence-electron chi connectivity index (χ2n) is 3.14. The van der Waals surface area contributed by atoms with Crippen LogP contribution in [0.2, 0.25) is 4.34 Å². The first kappa shape index (κ1) is 12.6. The lowest BCUT2D eigenvalue weighted by Crippen LogP contribution is -2.07. The number of nitrogens with zero attached hydrogens (tertiary/aromatic N) is 1. The van der Waals surface area contributed by atoms with Crippen molar-refractivity contribution in [2.45, 2.75) is 6.10 Å². The maximum Gasteiger partial charge on any atom is 0.356 e. The van der Waals surface area contributed by atoms with E-state index >= 15 is 0 Å². The number of aromatic nitrogens is 2. The van der Waals surface area contributed by atoms with Crippen LogP contribution in [0.3, 0.4) is 0 Å². The molecule has 2 heterocycles. The quantitative estimate of drug-likeness (QED) is 0.803. The number of hydrogen-bond donors (Lipinski definition) is 3. The number of rotatable bonds is 3. The highest BCUT2D eigenvalue weighted by atomic mass is 79.9. The maximum atomic E-state index is 10.9. The lowest BCUT2D eigenvalue weighted by Gasteiger charge is -2.06. The average molecular weight is 338 g/mol.